The summed E-state index contributed by atoms with van der Waals surface area (Å²) >= 11 is 0. The standard InChI is InChI=1S/C43H57N5O9/c1-29(2)25-33(39(52)48-43(44,40(53)54)24-16-15-23-36(49)56-28-32-21-13-8-14-22-32)45-37(50)34(26-30-17-9-6-10-18-30)46-38(51)35(27-31-19-11-7-12-20-31)47-41(55)57-42(3,4)5/h6-14,17-22,29,33-35H,15-16,23-28,44H2,1-5H3,(H,45,50)(H,46,51)(H,47,55)(H,48,52)(H,53,54). The SMILES string of the molecule is CC(C)CC(NC(=O)C(Cc1ccccc1)NC(=O)C(Cc1ccccc1)NC(=O)OC(C)(C)C)C(=O)NC(N)(CCCCC(=O)OCc1ccccc1)C(=O)O. The molecule has 0 saturated carbocycles. The van der Waals surface area contributed by atoms with Crippen molar-refractivity contribution in [3.05, 3.63) is 108 Å². The number of ether oxygens (including phenoxy) is 2. The fourth-order valence-electron chi connectivity index (χ4n) is 5.83. The minimum Gasteiger partial charge on any atom is -0.478 e. The van der Waals surface area contributed by atoms with Crippen LogP contribution in [0.2, 0.25) is 0 Å². The van der Waals surface area contributed by atoms with E-state index in [1.807, 2.05) is 50.2 Å². The summed E-state index contributed by atoms with van der Waals surface area (Å²) in [7, 11) is 0. The number of esters is 1. The number of carbonyl (C=O) groups excluding carboxylic acids is 5. The molecule has 3 rings (SSSR count). The largest absolute Gasteiger partial charge is 0.478 e. The van der Waals surface area contributed by atoms with Crippen molar-refractivity contribution in [2.24, 2.45) is 11.7 Å². The number of carboxylic acids is 1. The third-order valence-corrected chi connectivity index (χ3v) is 8.72. The number of carboxylic acid groups (broad SMARTS) is 1. The fourth-order valence-corrected chi connectivity index (χ4v) is 5.83. The van der Waals surface area contributed by atoms with Crippen LogP contribution in [0.5, 0.6) is 0 Å². The van der Waals surface area contributed by atoms with Gasteiger partial charge in [-0.3, -0.25) is 24.9 Å². The highest BCUT2D eigenvalue weighted by molar-refractivity contribution is 5.95. The highest BCUT2D eigenvalue weighted by Gasteiger charge is 2.38. The van der Waals surface area contributed by atoms with E-state index >= 15 is 0 Å². The molecule has 3 aromatic rings. The molecule has 57 heavy (non-hydrogen) atoms. The Balaban J connectivity index is 1.75. The van der Waals surface area contributed by atoms with E-state index in [9.17, 15) is 33.9 Å². The summed E-state index contributed by atoms with van der Waals surface area (Å²) in [6.07, 6.45) is -0.325. The van der Waals surface area contributed by atoms with Crippen molar-refractivity contribution >= 4 is 35.8 Å². The summed E-state index contributed by atoms with van der Waals surface area (Å²) < 4.78 is 10.7. The van der Waals surface area contributed by atoms with E-state index in [2.05, 4.69) is 21.3 Å². The summed E-state index contributed by atoms with van der Waals surface area (Å²) in [4.78, 5) is 79.3. The van der Waals surface area contributed by atoms with Crippen molar-refractivity contribution in [2.45, 2.75) is 116 Å². The van der Waals surface area contributed by atoms with Gasteiger partial charge >= 0.3 is 18.0 Å². The van der Waals surface area contributed by atoms with Crippen molar-refractivity contribution in [1.29, 1.82) is 0 Å². The molecule has 3 aromatic carbocycles. The van der Waals surface area contributed by atoms with Gasteiger partial charge < -0.3 is 35.8 Å². The molecule has 0 saturated heterocycles. The lowest BCUT2D eigenvalue weighted by molar-refractivity contribution is -0.148. The fraction of sp³-hybridized carbons (Fsp3) is 0.442. The van der Waals surface area contributed by atoms with Gasteiger partial charge in [0.25, 0.3) is 0 Å². The first-order chi connectivity index (χ1) is 26.9. The molecule has 0 aliphatic heterocycles. The smallest absolute Gasteiger partial charge is 0.408 e. The average molecular weight is 788 g/mol. The Hall–Kier alpha value is -5.76. The van der Waals surface area contributed by atoms with Crippen LogP contribution >= 0.6 is 0 Å². The van der Waals surface area contributed by atoms with Crippen LogP contribution in [0, 0.1) is 5.92 Å². The van der Waals surface area contributed by atoms with Gasteiger partial charge in [-0.25, -0.2) is 9.59 Å². The number of aliphatic carboxylic acids is 1. The Bertz CT molecular complexity index is 1770. The molecular formula is C43H57N5O9. The van der Waals surface area contributed by atoms with Crippen molar-refractivity contribution in [3.63, 3.8) is 0 Å². The molecule has 14 heteroatoms. The maximum absolute atomic E-state index is 14.1. The number of amides is 4. The molecule has 0 bridgehead atoms. The summed E-state index contributed by atoms with van der Waals surface area (Å²) in [6, 6.07) is 23.5. The van der Waals surface area contributed by atoms with Gasteiger partial charge in [-0.1, -0.05) is 105 Å². The van der Waals surface area contributed by atoms with E-state index < -0.39 is 65.1 Å². The number of nitrogens with two attached hydrogens (primary N) is 1. The molecular weight excluding hydrogens is 730 g/mol. The summed E-state index contributed by atoms with van der Waals surface area (Å²) in [5.41, 5.74) is 5.48. The number of alkyl carbamates (subject to hydrolysis) is 1. The molecule has 0 radical (unpaired) electrons. The predicted molar refractivity (Wildman–Crippen MR) is 214 cm³/mol. The highest BCUT2D eigenvalue weighted by atomic mass is 16.6. The van der Waals surface area contributed by atoms with Crippen LogP contribution in [0.25, 0.3) is 0 Å². The first kappa shape index (κ1) is 45.6. The predicted octanol–water partition coefficient (Wildman–Crippen LogP) is 4.54. The molecule has 308 valence electrons. The van der Waals surface area contributed by atoms with Gasteiger partial charge in [0.2, 0.25) is 17.7 Å². The van der Waals surface area contributed by atoms with E-state index in [-0.39, 0.29) is 57.5 Å². The quantitative estimate of drug-likeness (QED) is 0.0504. The first-order valence-corrected chi connectivity index (χ1v) is 19.2. The number of carbonyl (C=O) groups is 6. The second-order valence-electron chi connectivity index (χ2n) is 15.4. The summed E-state index contributed by atoms with van der Waals surface area (Å²) in [6.45, 7) is 8.86. The summed E-state index contributed by atoms with van der Waals surface area (Å²) in [5.74, 6) is -4.28. The van der Waals surface area contributed by atoms with Crippen molar-refractivity contribution in [3.8, 4) is 0 Å². The third-order valence-electron chi connectivity index (χ3n) is 8.72. The Kier molecular flexibility index (Phi) is 17.7. The van der Waals surface area contributed by atoms with Gasteiger partial charge in [0.1, 0.15) is 30.3 Å². The summed E-state index contributed by atoms with van der Waals surface area (Å²) in [5, 5.41) is 20.6. The van der Waals surface area contributed by atoms with Gasteiger partial charge in [0.05, 0.1) is 0 Å². The van der Waals surface area contributed by atoms with Gasteiger partial charge in [0.15, 0.2) is 5.66 Å². The normalized spacial score (nSPS) is 13.9. The monoisotopic (exact) mass is 787 g/mol. The topological polar surface area (TPSA) is 215 Å². The molecule has 4 amide bonds. The second kappa shape index (κ2) is 22.1. The lowest BCUT2D eigenvalue weighted by atomic mass is 9.98. The van der Waals surface area contributed by atoms with Crippen LogP contribution in [-0.4, -0.2) is 70.2 Å². The Labute approximate surface area is 334 Å². The Morgan fingerprint density at radius 1 is 0.667 bits per heavy atom. The second-order valence-corrected chi connectivity index (χ2v) is 15.4. The number of hydrogen-bond acceptors (Lipinski definition) is 9. The number of rotatable bonds is 21. The van der Waals surface area contributed by atoms with Gasteiger partial charge in [-0.2, -0.15) is 0 Å². The number of hydrogen-bond donors (Lipinski definition) is 6. The lowest BCUT2D eigenvalue weighted by Crippen LogP contribution is -2.65. The van der Waals surface area contributed by atoms with Crippen molar-refractivity contribution in [2.75, 3.05) is 0 Å². The van der Waals surface area contributed by atoms with E-state index in [1.54, 1.807) is 75.4 Å². The number of nitrogens with one attached hydrogen (secondary N) is 4. The Morgan fingerprint density at radius 3 is 1.61 bits per heavy atom. The van der Waals surface area contributed by atoms with Crippen molar-refractivity contribution in [1.82, 2.24) is 21.3 Å². The molecule has 0 aliphatic carbocycles. The lowest BCUT2D eigenvalue weighted by Gasteiger charge is -2.30. The maximum Gasteiger partial charge on any atom is 0.408 e. The van der Waals surface area contributed by atoms with Crippen LogP contribution in [0.4, 0.5) is 4.79 Å². The highest BCUT2D eigenvalue weighted by Crippen LogP contribution is 2.15. The molecule has 14 nitrogen and oxygen atoms in total. The minimum atomic E-state index is -2.21. The average Bonchev–Trinajstić information content (AvgIpc) is 3.15. The molecule has 0 heterocycles. The van der Waals surface area contributed by atoms with E-state index in [0.29, 0.717) is 5.56 Å². The Morgan fingerprint density at radius 2 is 1.14 bits per heavy atom. The van der Waals surface area contributed by atoms with E-state index in [4.69, 9.17) is 15.2 Å². The minimum absolute atomic E-state index is 0.0243. The molecule has 4 unspecified atom stereocenters. The molecule has 0 fully saturated rings. The van der Waals surface area contributed by atoms with Crippen LogP contribution in [0.15, 0.2) is 91.0 Å². The zero-order valence-corrected chi connectivity index (χ0v) is 33.4. The van der Waals surface area contributed by atoms with Crippen LogP contribution in [0.3, 0.4) is 0 Å². The number of unbranched alkanes of at least 4 members (excludes halogenated alkanes) is 1. The van der Waals surface area contributed by atoms with E-state index in [1.165, 1.54) is 0 Å². The van der Waals surface area contributed by atoms with Gasteiger partial charge in [0, 0.05) is 19.3 Å². The van der Waals surface area contributed by atoms with Crippen LogP contribution < -0.4 is 27.0 Å². The van der Waals surface area contributed by atoms with Crippen molar-refractivity contribution < 1.29 is 43.3 Å². The van der Waals surface area contributed by atoms with Gasteiger partial charge in [-0.05, 0) is 69.1 Å². The van der Waals surface area contributed by atoms with Gasteiger partial charge in [-0.15, -0.1) is 0 Å². The third kappa shape index (κ3) is 16.9. The van der Waals surface area contributed by atoms with Crippen LogP contribution in [0.1, 0.15) is 83.4 Å². The zero-order chi connectivity index (χ0) is 42.0. The molecule has 7 N–H and O–H groups in total. The maximum atomic E-state index is 14.1. The first-order valence-electron chi connectivity index (χ1n) is 19.2. The van der Waals surface area contributed by atoms with E-state index in [0.717, 1.165) is 11.1 Å². The zero-order valence-electron chi connectivity index (χ0n) is 33.4. The molecule has 0 aliphatic rings. The number of benzene rings is 3. The molecule has 0 spiro atoms. The molecule has 4 atom stereocenters. The molecule has 0 aromatic heterocycles. The van der Waals surface area contributed by atoms with Crippen LogP contribution in [-0.2, 0) is 52.9 Å².